The molecule has 3 aromatic rings. The zero-order valence-electron chi connectivity index (χ0n) is 20.1. The number of nitrogens with zero attached hydrogens (tertiary/aromatic N) is 5. The quantitative estimate of drug-likeness (QED) is 0.407. The number of nitrogens with one attached hydrogen (secondary N) is 1. The molecule has 4 aliphatic rings. The van der Waals surface area contributed by atoms with Gasteiger partial charge in [-0.3, -0.25) is 24.3 Å². The number of benzene rings is 1. The molecule has 35 heavy (non-hydrogen) atoms. The number of anilines is 1. The van der Waals surface area contributed by atoms with E-state index in [9.17, 15) is 14.9 Å². The Hall–Kier alpha value is -3.49. The van der Waals surface area contributed by atoms with Gasteiger partial charge in [-0.15, -0.1) is 0 Å². The molecule has 4 bridgehead atoms. The molecule has 4 saturated carbocycles. The predicted molar refractivity (Wildman–Crippen MR) is 130 cm³/mol. The average molecular weight is 475 g/mol. The van der Waals surface area contributed by atoms with E-state index in [0.29, 0.717) is 29.3 Å². The predicted octanol–water partition coefficient (Wildman–Crippen LogP) is 4.83. The molecular formula is C26H30N6O3. The van der Waals surface area contributed by atoms with E-state index in [4.69, 9.17) is 5.10 Å². The maximum Gasteiger partial charge on any atom is 0.312 e. The molecule has 2 heterocycles. The molecule has 1 amide bonds. The standard InChI is InChI=1S/C26H30N6O3/c1-16-24(32(34)35)17(2)30(28-16)15-18-4-3-5-22(11-18)25(33)27-23-6-7-31(29-23)26-12-19-8-20(13-26)10-21(9-19)14-26/h3-7,11,19-21H,8-10,12-15H2,1-2H3,(H,27,29,33). The van der Waals surface area contributed by atoms with Crippen LogP contribution in [0.15, 0.2) is 36.5 Å². The summed E-state index contributed by atoms with van der Waals surface area (Å²) >= 11 is 0. The van der Waals surface area contributed by atoms with E-state index in [2.05, 4.69) is 15.1 Å². The van der Waals surface area contributed by atoms with Crippen molar-refractivity contribution in [1.29, 1.82) is 0 Å². The lowest BCUT2D eigenvalue weighted by molar-refractivity contribution is -0.386. The lowest BCUT2D eigenvalue weighted by atomic mass is 9.53. The minimum Gasteiger partial charge on any atom is -0.305 e. The second-order valence-electron chi connectivity index (χ2n) is 10.9. The highest BCUT2D eigenvalue weighted by atomic mass is 16.6. The summed E-state index contributed by atoms with van der Waals surface area (Å²) in [5.74, 6) is 2.84. The van der Waals surface area contributed by atoms with Gasteiger partial charge in [-0.2, -0.15) is 10.2 Å². The van der Waals surface area contributed by atoms with Gasteiger partial charge in [0.2, 0.25) is 0 Å². The van der Waals surface area contributed by atoms with Crippen LogP contribution < -0.4 is 5.32 Å². The third kappa shape index (κ3) is 3.83. The highest BCUT2D eigenvalue weighted by Crippen LogP contribution is 2.58. The van der Waals surface area contributed by atoms with E-state index < -0.39 is 4.92 Å². The van der Waals surface area contributed by atoms with Crippen LogP contribution in [-0.2, 0) is 12.1 Å². The third-order valence-electron chi connectivity index (χ3n) is 8.37. The molecule has 1 N–H and O–H groups in total. The van der Waals surface area contributed by atoms with E-state index >= 15 is 0 Å². The van der Waals surface area contributed by atoms with Crippen LogP contribution >= 0.6 is 0 Å². The van der Waals surface area contributed by atoms with Crippen LogP contribution in [0.25, 0.3) is 0 Å². The summed E-state index contributed by atoms with van der Waals surface area (Å²) in [6.07, 6.45) is 9.80. The van der Waals surface area contributed by atoms with Crippen molar-refractivity contribution < 1.29 is 9.72 Å². The summed E-state index contributed by atoms with van der Waals surface area (Å²) in [6.45, 7) is 3.67. The second kappa shape index (κ2) is 8.03. The van der Waals surface area contributed by atoms with Gasteiger partial charge in [-0.1, -0.05) is 12.1 Å². The number of aromatic nitrogens is 4. The molecule has 0 saturated heterocycles. The summed E-state index contributed by atoms with van der Waals surface area (Å²) in [5.41, 5.74) is 2.40. The van der Waals surface area contributed by atoms with Crippen molar-refractivity contribution in [3.8, 4) is 0 Å². The molecule has 182 valence electrons. The second-order valence-corrected chi connectivity index (χ2v) is 10.9. The fourth-order valence-corrected chi connectivity index (χ4v) is 7.28. The molecule has 0 spiro atoms. The van der Waals surface area contributed by atoms with Gasteiger partial charge >= 0.3 is 5.69 Å². The lowest BCUT2D eigenvalue weighted by Crippen LogP contribution is -2.52. The van der Waals surface area contributed by atoms with Gasteiger partial charge in [-0.05, 0) is 87.8 Å². The van der Waals surface area contributed by atoms with Crippen molar-refractivity contribution >= 4 is 17.4 Å². The van der Waals surface area contributed by atoms with Crippen molar-refractivity contribution in [3.05, 3.63) is 69.2 Å². The van der Waals surface area contributed by atoms with Crippen LogP contribution in [0.4, 0.5) is 11.5 Å². The van der Waals surface area contributed by atoms with E-state index in [1.165, 1.54) is 38.5 Å². The SMILES string of the molecule is Cc1nn(Cc2cccc(C(=O)Nc3ccn(C45CC6CC(CC(C6)C4)C5)n3)c2)c(C)c1[N+](=O)[O-]. The first-order valence-corrected chi connectivity index (χ1v) is 12.4. The first-order chi connectivity index (χ1) is 16.8. The van der Waals surface area contributed by atoms with Crippen molar-refractivity contribution in [2.75, 3.05) is 5.32 Å². The van der Waals surface area contributed by atoms with E-state index in [1.807, 2.05) is 24.4 Å². The molecule has 0 aliphatic heterocycles. The van der Waals surface area contributed by atoms with Gasteiger partial charge in [-0.25, -0.2) is 0 Å². The molecule has 0 unspecified atom stereocenters. The van der Waals surface area contributed by atoms with Gasteiger partial charge in [0.25, 0.3) is 5.91 Å². The first kappa shape index (κ1) is 22.0. The Morgan fingerprint density at radius 1 is 1.11 bits per heavy atom. The molecule has 2 aromatic heterocycles. The molecule has 9 heteroatoms. The minimum atomic E-state index is -0.402. The number of amides is 1. The van der Waals surface area contributed by atoms with Crippen LogP contribution in [0, 0.1) is 41.7 Å². The molecule has 4 aliphatic carbocycles. The fraction of sp³-hybridized carbons (Fsp3) is 0.500. The Labute approximate surface area is 203 Å². The van der Waals surface area contributed by atoms with Crippen molar-refractivity contribution in [2.45, 2.75) is 64.5 Å². The average Bonchev–Trinajstić information content (AvgIpc) is 3.37. The molecule has 4 fully saturated rings. The number of aryl methyl sites for hydroxylation is 1. The molecule has 9 nitrogen and oxygen atoms in total. The number of carbonyl (C=O) groups excluding carboxylic acids is 1. The smallest absolute Gasteiger partial charge is 0.305 e. The van der Waals surface area contributed by atoms with Gasteiger partial charge in [0.05, 0.1) is 17.0 Å². The first-order valence-electron chi connectivity index (χ1n) is 12.4. The zero-order valence-corrected chi connectivity index (χ0v) is 20.1. The number of hydrogen-bond donors (Lipinski definition) is 1. The summed E-state index contributed by atoms with van der Waals surface area (Å²) in [7, 11) is 0. The molecule has 1 aromatic carbocycles. The van der Waals surface area contributed by atoms with Gasteiger partial charge in [0, 0.05) is 17.8 Å². The van der Waals surface area contributed by atoms with E-state index in [-0.39, 0.29) is 17.1 Å². The summed E-state index contributed by atoms with van der Waals surface area (Å²) < 4.78 is 3.75. The normalized spacial score (nSPS) is 26.7. The highest BCUT2D eigenvalue weighted by Gasteiger charge is 2.52. The largest absolute Gasteiger partial charge is 0.312 e. The fourth-order valence-electron chi connectivity index (χ4n) is 7.28. The minimum absolute atomic E-state index is 0.0357. The Morgan fingerprint density at radius 2 is 1.80 bits per heavy atom. The number of rotatable bonds is 6. The van der Waals surface area contributed by atoms with Gasteiger partial charge in [0.1, 0.15) is 11.4 Å². The van der Waals surface area contributed by atoms with Gasteiger partial charge in [0.15, 0.2) is 5.82 Å². The van der Waals surface area contributed by atoms with E-state index in [0.717, 1.165) is 23.3 Å². The van der Waals surface area contributed by atoms with Crippen LogP contribution in [0.5, 0.6) is 0 Å². The maximum atomic E-state index is 13.0. The maximum absolute atomic E-state index is 13.0. The van der Waals surface area contributed by atoms with Crippen molar-refractivity contribution in [2.24, 2.45) is 17.8 Å². The van der Waals surface area contributed by atoms with Crippen LogP contribution in [-0.4, -0.2) is 30.4 Å². The lowest BCUT2D eigenvalue weighted by Gasteiger charge is -2.56. The summed E-state index contributed by atoms with van der Waals surface area (Å²) in [5, 5.41) is 23.4. The van der Waals surface area contributed by atoms with Gasteiger partial charge < -0.3 is 5.32 Å². The van der Waals surface area contributed by atoms with Crippen LogP contribution in [0.2, 0.25) is 0 Å². The van der Waals surface area contributed by atoms with Crippen LogP contribution in [0.1, 0.15) is 65.8 Å². The number of carbonyl (C=O) groups is 1. The topological polar surface area (TPSA) is 108 Å². The number of nitro groups is 1. The molecule has 0 atom stereocenters. The Bertz CT molecular complexity index is 1290. The monoisotopic (exact) mass is 474 g/mol. The Balaban J connectivity index is 1.17. The third-order valence-corrected chi connectivity index (χ3v) is 8.37. The summed E-state index contributed by atoms with van der Waals surface area (Å²) in [4.78, 5) is 23.9. The van der Waals surface area contributed by atoms with Crippen molar-refractivity contribution in [3.63, 3.8) is 0 Å². The molecular weight excluding hydrogens is 444 g/mol. The Kier molecular flexibility index (Phi) is 5.05. The highest BCUT2D eigenvalue weighted by molar-refractivity contribution is 6.03. The number of hydrogen-bond acceptors (Lipinski definition) is 5. The van der Waals surface area contributed by atoms with Crippen LogP contribution in [0.3, 0.4) is 0 Å². The van der Waals surface area contributed by atoms with Crippen molar-refractivity contribution in [1.82, 2.24) is 19.6 Å². The van der Waals surface area contributed by atoms with E-state index in [1.54, 1.807) is 30.7 Å². The summed E-state index contributed by atoms with van der Waals surface area (Å²) in [6, 6.07) is 9.17. The molecule has 7 rings (SSSR count). The molecule has 0 radical (unpaired) electrons. The Morgan fingerprint density at radius 3 is 2.43 bits per heavy atom. The zero-order chi connectivity index (χ0) is 24.3.